The molecule has 2 N–H and O–H groups in total. The lowest BCUT2D eigenvalue weighted by Gasteiger charge is -2.34. The largest absolute Gasteiger partial charge is 0.573 e. The van der Waals surface area contributed by atoms with E-state index in [9.17, 15) is 22.7 Å². The molecular weight excluding hydrogens is 388 g/mol. The van der Waals surface area contributed by atoms with Crippen LogP contribution >= 0.6 is 0 Å². The molecule has 2 bridgehead atoms. The molecule has 4 rings (SSSR count). The molecule has 3 heterocycles. The standard InChI is InChI=1S/C21H24F4N2O2/c22-16-11-15(12-26-13-16)18(28)20-9-7-19(27-20,8-10-20)6-5-14-1-3-17(4-2-14)29-21(23,24)25/h1-4,12-13,16,18,27-28H,5-11H2/t16?,18-,19?,20?/m1/s1. The molecule has 1 aromatic rings. The Morgan fingerprint density at radius 1 is 1.17 bits per heavy atom. The normalized spacial score (nSPS) is 32.3. The highest BCUT2D eigenvalue weighted by Crippen LogP contribution is 2.50. The van der Waals surface area contributed by atoms with Crippen molar-refractivity contribution in [1.82, 2.24) is 5.32 Å². The third-order valence-corrected chi connectivity index (χ3v) is 6.46. The van der Waals surface area contributed by atoms with Crippen molar-refractivity contribution in [2.75, 3.05) is 0 Å². The van der Waals surface area contributed by atoms with Crippen molar-refractivity contribution < 1.29 is 27.4 Å². The molecule has 2 atom stereocenters. The number of aryl methyl sites for hydroxylation is 1. The van der Waals surface area contributed by atoms with Gasteiger partial charge in [-0.2, -0.15) is 0 Å². The van der Waals surface area contributed by atoms with E-state index in [0.717, 1.165) is 37.7 Å². The molecule has 0 radical (unpaired) electrons. The van der Waals surface area contributed by atoms with Crippen LogP contribution in [0.4, 0.5) is 17.6 Å². The minimum absolute atomic E-state index is 0.101. The smallest absolute Gasteiger partial charge is 0.406 e. The number of aliphatic hydroxyl groups is 1. The van der Waals surface area contributed by atoms with Crippen LogP contribution in [-0.2, 0) is 6.42 Å². The van der Waals surface area contributed by atoms with Crippen LogP contribution in [0.2, 0.25) is 0 Å². The summed E-state index contributed by atoms with van der Waals surface area (Å²) < 4.78 is 54.3. The molecule has 4 nitrogen and oxygen atoms in total. The van der Waals surface area contributed by atoms with Crippen LogP contribution in [0, 0.1) is 0 Å². The fourth-order valence-electron chi connectivity index (χ4n) is 4.95. The molecule has 3 aliphatic heterocycles. The van der Waals surface area contributed by atoms with Crippen LogP contribution in [0.15, 0.2) is 41.0 Å². The monoisotopic (exact) mass is 412 g/mol. The Bertz CT molecular complexity index is 796. The van der Waals surface area contributed by atoms with E-state index in [4.69, 9.17) is 0 Å². The summed E-state index contributed by atoms with van der Waals surface area (Å²) in [5, 5.41) is 14.6. The van der Waals surface area contributed by atoms with Crippen molar-refractivity contribution in [2.45, 2.75) is 74.7 Å². The van der Waals surface area contributed by atoms with Crippen LogP contribution < -0.4 is 10.1 Å². The minimum Gasteiger partial charge on any atom is -0.406 e. The van der Waals surface area contributed by atoms with Gasteiger partial charge in [-0.1, -0.05) is 12.1 Å². The Morgan fingerprint density at radius 3 is 2.48 bits per heavy atom. The number of halogens is 4. The number of hydrogen-bond acceptors (Lipinski definition) is 4. The summed E-state index contributed by atoms with van der Waals surface area (Å²) in [6.45, 7) is 0. The predicted octanol–water partition coefficient (Wildman–Crippen LogP) is 4.23. The number of aliphatic hydroxyl groups excluding tert-OH is 1. The Kier molecular flexibility index (Phi) is 5.19. The second-order valence-electron chi connectivity index (χ2n) is 8.38. The first-order valence-electron chi connectivity index (χ1n) is 9.87. The van der Waals surface area contributed by atoms with Crippen molar-refractivity contribution in [1.29, 1.82) is 0 Å². The molecule has 0 aromatic heterocycles. The lowest BCUT2D eigenvalue weighted by molar-refractivity contribution is -0.274. The van der Waals surface area contributed by atoms with Crippen molar-refractivity contribution in [3.63, 3.8) is 0 Å². The molecule has 0 spiro atoms. The number of nitrogens with one attached hydrogen (secondary N) is 1. The van der Waals surface area contributed by atoms with Crippen LogP contribution in [-0.4, -0.2) is 41.0 Å². The quantitative estimate of drug-likeness (QED) is 0.688. The second kappa shape index (κ2) is 7.40. The van der Waals surface area contributed by atoms with Gasteiger partial charge in [0.15, 0.2) is 0 Å². The van der Waals surface area contributed by atoms with Gasteiger partial charge in [0.25, 0.3) is 0 Å². The Balaban J connectivity index is 1.36. The first-order valence-corrected chi connectivity index (χ1v) is 9.87. The molecule has 2 fully saturated rings. The highest BCUT2D eigenvalue weighted by Gasteiger charge is 2.57. The van der Waals surface area contributed by atoms with Gasteiger partial charge in [-0.25, -0.2) is 4.39 Å². The average molecular weight is 412 g/mol. The molecule has 0 aliphatic carbocycles. The van der Waals surface area contributed by atoms with Gasteiger partial charge in [0.05, 0.1) is 6.10 Å². The number of fused-ring (bicyclic) bond motifs is 2. The van der Waals surface area contributed by atoms with E-state index in [0.29, 0.717) is 12.0 Å². The fourth-order valence-corrected chi connectivity index (χ4v) is 4.95. The SMILES string of the molecule is O[C@H](C1=CN=CC(F)C1)C12CCC(CCc3ccc(OC(F)(F)F)cc3)(CC1)N2. The molecule has 0 amide bonds. The summed E-state index contributed by atoms with van der Waals surface area (Å²) in [6.07, 6.45) is 1.37. The van der Waals surface area contributed by atoms with Crippen molar-refractivity contribution in [3.8, 4) is 5.75 Å². The Labute approximate surface area is 166 Å². The van der Waals surface area contributed by atoms with Crippen molar-refractivity contribution in [2.24, 2.45) is 4.99 Å². The second-order valence-corrected chi connectivity index (χ2v) is 8.38. The number of hydrogen-bond donors (Lipinski definition) is 2. The van der Waals surface area contributed by atoms with Gasteiger partial charge in [0.1, 0.15) is 11.9 Å². The van der Waals surface area contributed by atoms with Gasteiger partial charge in [0, 0.05) is 29.9 Å². The maximum Gasteiger partial charge on any atom is 0.573 e. The average Bonchev–Trinajstić information content (AvgIpc) is 3.24. The maximum atomic E-state index is 13.6. The molecule has 1 aromatic carbocycles. The molecule has 0 saturated carbocycles. The maximum absolute atomic E-state index is 13.6. The number of ether oxygens (including phenoxy) is 1. The van der Waals surface area contributed by atoms with E-state index in [1.165, 1.54) is 18.3 Å². The highest BCUT2D eigenvalue weighted by molar-refractivity contribution is 5.66. The predicted molar refractivity (Wildman–Crippen MR) is 101 cm³/mol. The summed E-state index contributed by atoms with van der Waals surface area (Å²) in [6, 6.07) is 5.95. The van der Waals surface area contributed by atoms with E-state index in [1.807, 2.05) is 0 Å². The Hall–Kier alpha value is -1.93. The Morgan fingerprint density at radius 2 is 1.86 bits per heavy atom. The first-order chi connectivity index (χ1) is 13.7. The van der Waals surface area contributed by atoms with Crippen LogP contribution in [0.25, 0.3) is 0 Å². The van der Waals surface area contributed by atoms with E-state index < -0.39 is 24.2 Å². The zero-order chi connectivity index (χ0) is 20.7. The lowest BCUT2D eigenvalue weighted by atomic mass is 9.75. The third-order valence-electron chi connectivity index (χ3n) is 6.46. The number of nitrogens with zero attached hydrogens (tertiary/aromatic N) is 1. The highest BCUT2D eigenvalue weighted by atomic mass is 19.4. The topological polar surface area (TPSA) is 53.9 Å². The summed E-state index contributed by atoms with van der Waals surface area (Å²) in [5.41, 5.74) is 1.02. The van der Waals surface area contributed by atoms with Gasteiger partial charge in [-0.3, -0.25) is 4.99 Å². The number of rotatable bonds is 6. The van der Waals surface area contributed by atoms with E-state index in [2.05, 4.69) is 15.0 Å². The van der Waals surface area contributed by atoms with Gasteiger partial charge >= 0.3 is 6.36 Å². The van der Waals surface area contributed by atoms with Gasteiger partial charge in [-0.15, -0.1) is 13.2 Å². The van der Waals surface area contributed by atoms with Crippen molar-refractivity contribution >= 4 is 6.21 Å². The molecule has 3 aliphatic rings. The molecular formula is C21H24F4N2O2. The number of aliphatic imine (C=N–C) groups is 1. The van der Waals surface area contributed by atoms with Gasteiger partial charge < -0.3 is 15.2 Å². The van der Waals surface area contributed by atoms with E-state index >= 15 is 0 Å². The minimum atomic E-state index is -4.69. The van der Waals surface area contributed by atoms with E-state index in [-0.39, 0.29) is 17.7 Å². The molecule has 1 unspecified atom stereocenters. The summed E-state index contributed by atoms with van der Waals surface area (Å²) in [4.78, 5) is 3.90. The molecule has 158 valence electrons. The fraction of sp³-hybridized carbons (Fsp3) is 0.571. The summed E-state index contributed by atoms with van der Waals surface area (Å²) in [7, 11) is 0. The van der Waals surface area contributed by atoms with Crippen LogP contribution in [0.5, 0.6) is 5.75 Å². The van der Waals surface area contributed by atoms with E-state index in [1.54, 1.807) is 18.3 Å². The molecule has 29 heavy (non-hydrogen) atoms. The summed E-state index contributed by atoms with van der Waals surface area (Å²) in [5.74, 6) is -0.226. The van der Waals surface area contributed by atoms with Crippen molar-refractivity contribution in [3.05, 3.63) is 41.6 Å². The number of benzene rings is 1. The van der Waals surface area contributed by atoms with Crippen LogP contribution in [0.3, 0.4) is 0 Å². The van der Waals surface area contributed by atoms with Crippen LogP contribution in [0.1, 0.15) is 44.1 Å². The number of alkyl halides is 4. The zero-order valence-electron chi connectivity index (χ0n) is 15.9. The summed E-state index contributed by atoms with van der Waals surface area (Å²) >= 11 is 0. The van der Waals surface area contributed by atoms with Gasteiger partial charge in [0.2, 0.25) is 0 Å². The zero-order valence-corrected chi connectivity index (χ0v) is 15.9. The van der Waals surface area contributed by atoms with Gasteiger partial charge in [-0.05, 0) is 61.8 Å². The molecule has 2 saturated heterocycles. The third kappa shape index (κ3) is 4.33. The lowest BCUT2D eigenvalue weighted by Crippen LogP contribution is -2.51. The first kappa shape index (κ1) is 20.3. The molecule has 8 heteroatoms.